The molecule has 0 aliphatic heterocycles. The van der Waals surface area contributed by atoms with Gasteiger partial charge in [-0.15, -0.1) is 0 Å². The van der Waals surface area contributed by atoms with Gasteiger partial charge >= 0.3 is 0 Å². The van der Waals surface area contributed by atoms with Crippen molar-refractivity contribution in [1.82, 2.24) is 5.32 Å². The van der Waals surface area contributed by atoms with Crippen LogP contribution in [0, 0.1) is 0 Å². The first-order valence-corrected chi connectivity index (χ1v) is 7.09. The van der Waals surface area contributed by atoms with Crippen LogP contribution in [0.3, 0.4) is 0 Å². The number of para-hydroxylation sites is 1. The summed E-state index contributed by atoms with van der Waals surface area (Å²) in [6, 6.07) is 18.6. The van der Waals surface area contributed by atoms with Gasteiger partial charge in [-0.1, -0.05) is 48.5 Å². The van der Waals surface area contributed by atoms with Gasteiger partial charge in [0, 0.05) is 11.9 Å². The Balaban J connectivity index is 1.61. The first kappa shape index (κ1) is 14.1. The maximum atomic E-state index is 12.1. The summed E-state index contributed by atoms with van der Waals surface area (Å²) in [5.41, 5.74) is 1.71. The number of fused-ring (bicyclic) bond motifs is 1. The predicted molar refractivity (Wildman–Crippen MR) is 83.7 cm³/mol. The van der Waals surface area contributed by atoms with Crippen LogP contribution in [-0.4, -0.2) is 18.2 Å². The van der Waals surface area contributed by atoms with Gasteiger partial charge in [-0.2, -0.15) is 0 Å². The van der Waals surface area contributed by atoms with Gasteiger partial charge in [0.05, 0.1) is 0 Å². The Labute approximate surface area is 127 Å². The van der Waals surface area contributed by atoms with Crippen LogP contribution in [0.5, 0.6) is 0 Å². The summed E-state index contributed by atoms with van der Waals surface area (Å²) in [4.78, 5) is 23.9. The SMILES string of the molecule is O=C(NCCc1ccccc1)C(=O)c1cc2ccccc2o1. The minimum Gasteiger partial charge on any atom is -0.452 e. The highest BCUT2D eigenvalue weighted by atomic mass is 16.3. The molecule has 1 heterocycles. The number of furan rings is 1. The number of rotatable bonds is 5. The smallest absolute Gasteiger partial charge is 0.295 e. The lowest BCUT2D eigenvalue weighted by molar-refractivity contribution is -0.117. The zero-order valence-electron chi connectivity index (χ0n) is 11.9. The van der Waals surface area contributed by atoms with E-state index in [0.29, 0.717) is 18.5 Å². The number of nitrogens with one attached hydrogen (secondary N) is 1. The molecule has 2 aromatic carbocycles. The van der Waals surface area contributed by atoms with E-state index in [9.17, 15) is 9.59 Å². The molecule has 0 spiro atoms. The molecule has 0 fully saturated rings. The zero-order chi connectivity index (χ0) is 15.4. The van der Waals surface area contributed by atoms with Crippen molar-refractivity contribution in [3.8, 4) is 0 Å². The number of carbonyl (C=O) groups excluding carboxylic acids is 2. The normalized spacial score (nSPS) is 10.5. The van der Waals surface area contributed by atoms with Crippen LogP contribution in [0.25, 0.3) is 11.0 Å². The van der Waals surface area contributed by atoms with E-state index >= 15 is 0 Å². The van der Waals surface area contributed by atoms with E-state index in [0.717, 1.165) is 10.9 Å². The quantitative estimate of drug-likeness (QED) is 0.581. The fourth-order valence-electron chi connectivity index (χ4n) is 2.25. The van der Waals surface area contributed by atoms with Crippen LogP contribution in [-0.2, 0) is 11.2 Å². The molecule has 1 N–H and O–H groups in total. The maximum Gasteiger partial charge on any atom is 0.295 e. The van der Waals surface area contributed by atoms with E-state index in [2.05, 4.69) is 5.32 Å². The van der Waals surface area contributed by atoms with E-state index < -0.39 is 11.7 Å². The third-order valence-electron chi connectivity index (χ3n) is 3.40. The maximum absolute atomic E-state index is 12.1. The van der Waals surface area contributed by atoms with E-state index in [1.807, 2.05) is 48.5 Å². The first-order chi connectivity index (χ1) is 10.7. The van der Waals surface area contributed by atoms with Gasteiger partial charge in [-0.05, 0) is 24.1 Å². The molecule has 110 valence electrons. The summed E-state index contributed by atoms with van der Waals surface area (Å²) in [7, 11) is 0. The van der Waals surface area contributed by atoms with Crippen molar-refractivity contribution in [1.29, 1.82) is 0 Å². The van der Waals surface area contributed by atoms with Crippen molar-refractivity contribution >= 4 is 22.7 Å². The Morgan fingerprint density at radius 1 is 0.955 bits per heavy atom. The van der Waals surface area contributed by atoms with Crippen molar-refractivity contribution in [2.24, 2.45) is 0 Å². The zero-order valence-corrected chi connectivity index (χ0v) is 11.9. The Hall–Kier alpha value is -2.88. The summed E-state index contributed by atoms with van der Waals surface area (Å²) >= 11 is 0. The molecule has 22 heavy (non-hydrogen) atoms. The third-order valence-corrected chi connectivity index (χ3v) is 3.40. The second-order valence-electron chi connectivity index (χ2n) is 4.97. The number of carbonyl (C=O) groups is 2. The highest BCUT2D eigenvalue weighted by molar-refractivity contribution is 6.42. The number of hydrogen-bond acceptors (Lipinski definition) is 3. The highest BCUT2D eigenvalue weighted by Crippen LogP contribution is 2.19. The van der Waals surface area contributed by atoms with Gasteiger partial charge < -0.3 is 9.73 Å². The fraction of sp³-hybridized carbons (Fsp3) is 0.111. The van der Waals surface area contributed by atoms with Gasteiger partial charge in [0.2, 0.25) is 0 Å². The fourth-order valence-corrected chi connectivity index (χ4v) is 2.25. The first-order valence-electron chi connectivity index (χ1n) is 7.09. The van der Waals surface area contributed by atoms with Crippen LogP contribution in [0.2, 0.25) is 0 Å². The Morgan fingerprint density at radius 2 is 1.68 bits per heavy atom. The van der Waals surface area contributed by atoms with E-state index in [-0.39, 0.29) is 5.76 Å². The monoisotopic (exact) mass is 293 g/mol. The van der Waals surface area contributed by atoms with Gasteiger partial charge in [0.15, 0.2) is 5.76 Å². The second kappa shape index (κ2) is 6.26. The van der Waals surface area contributed by atoms with E-state index in [1.54, 1.807) is 12.1 Å². The van der Waals surface area contributed by atoms with Crippen LogP contribution in [0.1, 0.15) is 16.1 Å². The molecule has 0 saturated heterocycles. The molecular formula is C18H15NO3. The molecule has 4 heteroatoms. The lowest BCUT2D eigenvalue weighted by atomic mass is 10.1. The standard InChI is InChI=1S/C18H15NO3/c20-17(16-12-14-8-4-5-9-15(14)22-16)18(21)19-11-10-13-6-2-1-3-7-13/h1-9,12H,10-11H2,(H,19,21). The number of benzene rings is 2. The van der Waals surface area contributed by atoms with Gasteiger partial charge in [0.1, 0.15) is 5.58 Å². The summed E-state index contributed by atoms with van der Waals surface area (Å²) in [6.45, 7) is 0.412. The third kappa shape index (κ3) is 3.06. The lowest BCUT2D eigenvalue weighted by Gasteiger charge is -2.03. The minimum absolute atomic E-state index is 0.0680. The summed E-state index contributed by atoms with van der Waals surface area (Å²) in [5.74, 6) is -1.22. The Morgan fingerprint density at radius 3 is 2.45 bits per heavy atom. The molecule has 4 nitrogen and oxygen atoms in total. The van der Waals surface area contributed by atoms with Crippen LogP contribution in [0.4, 0.5) is 0 Å². The topological polar surface area (TPSA) is 59.3 Å². The number of amides is 1. The largest absolute Gasteiger partial charge is 0.452 e. The number of Topliss-reactive ketones (excluding diaryl/α,β-unsaturated/α-hetero) is 1. The molecule has 0 aliphatic carbocycles. The molecular weight excluding hydrogens is 278 g/mol. The molecule has 0 bridgehead atoms. The van der Waals surface area contributed by atoms with E-state index in [1.165, 1.54) is 0 Å². The van der Waals surface area contributed by atoms with Crippen LogP contribution < -0.4 is 5.32 Å². The van der Waals surface area contributed by atoms with Gasteiger partial charge in [0.25, 0.3) is 11.7 Å². The molecule has 0 radical (unpaired) electrons. The molecule has 3 rings (SSSR count). The van der Waals surface area contributed by atoms with E-state index in [4.69, 9.17) is 4.42 Å². The summed E-state index contributed by atoms with van der Waals surface area (Å²) in [6.07, 6.45) is 0.681. The van der Waals surface area contributed by atoms with Crippen molar-refractivity contribution < 1.29 is 14.0 Å². The predicted octanol–water partition coefficient (Wildman–Crippen LogP) is 2.97. The molecule has 3 aromatic rings. The number of hydrogen-bond donors (Lipinski definition) is 1. The Bertz CT molecular complexity index is 772. The molecule has 0 atom stereocenters. The molecule has 1 amide bonds. The summed E-state index contributed by atoms with van der Waals surface area (Å²) in [5, 5.41) is 3.43. The number of ketones is 1. The van der Waals surface area contributed by atoms with Crippen LogP contribution >= 0.6 is 0 Å². The molecule has 0 unspecified atom stereocenters. The highest BCUT2D eigenvalue weighted by Gasteiger charge is 2.20. The van der Waals surface area contributed by atoms with Crippen molar-refractivity contribution in [3.63, 3.8) is 0 Å². The average Bonchev–Trinajstić information content (AvgIpc) is 2.99. The van der Waals surface area contributed by atoms with Crippen LogP contribution in [0.15, 0.2) is 65.1 Å². The minimum atomic E-state index is -0.649. The Kier molecular flexibility index (Phi) is 4.01. The molecule has 0 aliphatic rings. The van der Waals surface area contributed by atoms with Gasteiger partial charge in [-0.3, -0.25) is 9.59 Å². The average molecular weight is 293 g/mol. The van der Waals surface area contributed by atoms with Crippen molar-refractivity contribution in [2.75, 3.05) is 6.54 Å². The summed E-state index contributed by atoms with van der Waals surface area (Å²) < 4.78 is 5.41. The van der Waals surface area contributed by atoms with Crippen molar-refractivity contribution in [2.45, 2.75) is 6.42 Å². The molecule has 1 aromatic heterocycles. The molecule has 0 saturated carbocycles. The van der Waals surface area contributed by atoms with Gasteiger partial charge in [-0.25, -0.2) is 0 Å². The lowest BCUT2D eigenvalue weighted by Crippen LogP contribution is -2.32. The van der Waals surface area contributed by atoms with Crippen molar-refractivity contribution in [3.05, 3.63) is 72.0 Å². The second-order valence-corrected chi connectivity index (χ2v) is 4.97.